The molecular weight excluding hydrogens is 148 g/mol. The molecule has 0 radical (unpaired) electrons. The second-order valence-electron chi connectivity index (χ2n) is 3.86. The summed E-state index contributed by atoms with van der Waals surface area (Å²) in [5, 5.41) is 3.46. The van der Waals surface area contributed by atoms with Crippen molar-refractivity contribution in [2.24, 2.45) is 0 Å². The average molecular weight is 170 g/mol. The summed E-state index contributed by atoms with van der Waals surface area (Å²) < 4.78 is 0. The molecule has 1 rings (SSSR count). The van der Waals surface area contributed by atoms with Crippen molar-refractivity contribution in [3.05, 3.63) is 0 Å². The van der Waals surface area contributed by atoms with Crippen LogP contribution in [0.1, 0.15) is 33.1 Å². The van der Waals surface area contributed by atoms with Crippen LogP contribution in [0, 0.1) is 0 Å². The molecule has 0 spiro atoms. The molecule has 1 heterocycles. The number of nitrogens with one attached hydrogen (secondary N) is 1. The van der Waals surface area contributed by atoms with Gasteiger partial charge in [0.05, 0.1) is 0 Å². The molecule has 0 amide bonds. The number of rotatable bonds is 4. The average Bonchev–Trinajstić information content (AvgIpc) is 2.05. The summed E-state index contributed by atoms with van der Waals surface area (Å²) in [7, 11) is 0. The summed E-state index contributed by atoms with van der Waals surface area (Å²) in [4.78, 5) is 2.58. The molecular formula is C10H22N2. The molecule has 1 fully saturated rings. The summed E-state index contributed by atoms with van der Waals surface area (Å²) in [5.74, 6) is 0. The number of nitrogens with zero attached hydrogens (tertiary/aromatic N) is 1. The lowest BCUT2D eigenvalue weighted by molar-refractivity contribution is 0.203. The Morgan fingerprint density at radius 3 is 2.92 bits per heavy atom. The van der Waals surface area contributed by atoms with Crippen molar-refractivity contribution in [1.82, 2.24) is 10.2 Å². The van der Waals surface area contributed by atoms with Gasteiger partial charge in [-0.15, -0.1) is 0 Å². The lowest BCUT2D eigenvalue weighted by Gasteiger charge is -2.31. The maximum atomic E-state index is 3.46. The van der Waals surface area contributed by atoms with E-state index in [0.717, 1.165) is 0 Å². The van der Waals surface area contributed by atoms with Gasteiger partial charge in [0, 0.05) is 25.7 Å². The van der Waals surface area contributed by atoms with Gasteiger partial charge in [0.15, 0.2) is 0 Å². The zero-order valence-corrected chi connectivity index (χ0v) is 8.47. The maximum absolute atomic E-state index is 3.46. The van der Waals surface area contributed by atoms with E-state index < -0.39 is 0 Å². The van der Waals surface area contributed by atoms with E-state index in [0.29, 0.717) is 6.04 Å². The standard InChI is InChI=1S/C10H22N2/c1-3-4-5-7-12-8-6-11-10(2)9-12/h10-11H,3-9H2,1-2H3/t10-/m0/s1. The number of unbranched alkanes of at least 4 members (excludes halogenated alkanes) is 2. The molecule has 0 aromatic heterocycles. The molecule has 0 saturated carbocycles. The second kappa shape index (κ2) is 5.55. The van der Waals surface area contributed by atoms with Gasteiger partial charge in [-0.1, -0.05) is 19.8 Å². The summed E-state index contributed by atoms with van der Waals surface area (Å²) in [6, 6.07) is 0.695. The van der Waals surface area contributed by atoms with E-state index >= 15 is 0 Å². The van der Waals surface area contributed by atoms with Crippen LogP contribution in [-0.2, 0) is 0 Å². The Balaban J connectivity index is 2.06. The van der Waals surface area contributed by atoms with Crippen molar-refractivity contribution < 1.29 is 0 Å². The predicted molar refractivity (Wildman–Crippen MR) is 53.4 cm³/mol. The third kappa shape index (κ3) is 3.55. The number of piperazine rings is 1. The van der Waals surface area contributed by atoms with Gasteiger partial charge in [-0.05, 0) is 19.9 Å². The Morgan fingerprint density at radius 2 is 2.25 bits per heavy atom. The fourth-order valence-electron chi connectivity index (χ4n) is 1.80. The van der Waals surface area contributed by atoms with E-state index in [1.54, 1.807) is 0 Å². The van der Waals surface area contributed by atoms with E-state index in [4.69, 9.17) is 0 Å². The quantitative estimate of drug-likeness (QED) is 0.643. The highest BCUT2D eigenvalue weighted by atomic mass is 15.2. The first-order chi connectivity index (χ1) is 5.83. The van der Waals surface area contributed by atoms with Gasteiger partial charge in [0.2, 0.25) is 0 Å². The summed E-state index contributed by atoms with van der Waals surface area (Å²) in [6.07, 6.45) is 4.10. The number of hydrogen-bond donors (Lipinski definition) is 1. The van der Waals surface area contributed by atoms with Crippen LogP contribution in [-0.4, -0.2) is 37.1 Å². The summed E-state index contributed by atoms with van der Waals surface area (Å²) >= 11 is 0. The molecule has 0 aromatic rings. The van der Waals surface area contributed by atoms with Gasteiger partial charge in [0.1, 0.15) is 0 Å². The number of hydrogen-bond acceptors (Lipinski definition) is 2. The van der Waals surface area contributed by atoms with E-state index in [1.165, 1.54) is 45.4 Å². The molecule has 0 aromatic carbocycles. The Kier molecular flexibility index (Phi) is 4.62. The summed E-state index contributed by atoms with van der Waals surface area (Å²) in [5.41, 5.74) is 0. The Labute approximate surface area is 76.3 Å². The zero-order chi connectivity index (χ0) is 8.81. The molecule has 1 N–H and O–H groups in total. The van der Waals surface area contributed by atoms with Crippen molar-refractivity contribution in [1.29, 1.82) is 0 Å². The normalized spacial score (nSPS) is 26.0. The van der Waals surface area contributed by atoms with Crippen molar-refractivity contribution in [2.45, 2.75) is 39.2 Å². The third-order valence-electron chi connectivity index (χ3n) is 2.53. The lowest BCUT2D eigenvalue weighted by Crippen LogP contribution is -2.49. The molecule has 1 aliphatic heterocycles. The van der Waals surface area contributed by atoms with Gasteiger partial charge in [-0.25, -0.2) is 0 Å². The minimum Gasteiger partial charge on any atom is -0.312 e. The van der Waals surface area contributed by atoms with E-state index in [9.17, 15) is 0 Å². The Bertz CT molecular complexity index is 114. The van der Waals surface area contributed by atoms with E-state index in [-0.39, 0.29) is 0 Å². The molecule has 2 nitrogen and oxygen atoms in total. The molecule has 0 bridgehead atoms. The molecule has 72 valence electrons. The van der Waals surface area contributed by atoms with Gasteiger partial charge in [0.25, 0.3) is 0 Å². The van der Waals surface area contributed by atoms with Crippen LogP contribution >= 0.6 is 0 Å². The minimum absolute atomic E-state index is 0.695. The largest absolute Gasteiger partial charge is 0.312 e. The monoisotopic (exact) mass is 170 g/mol. The zero-order valence-electron chi connectivity index (χ0n) is 8.47. The SMILES string of the molecule is CCCCCN1CCN[C@@H](C)C1. The van der Waals surface area contributed by atoms with Crippen LogP contribution in [0.3, 0.4) is 0 Å². The lowest BCUT2D eigenvalue weighted by atomic mass is 10.2. The van der Waals surface area contributed by atoms with Gasteiger partial charge in [-0.2, -0.15) is 0 Å². The highest BCUT2D eigenvalue weighted by Gasteiger charge is 2.13. The maximum Gasteiger partial charge on any atom is 0.0167 e. The molecule has 0 aliphatic carbocycles. The van der Waals surface area contributed by atoms with Crippen LogP contribution in [0.25, 0.3) is 0 Å². The van der Waals surface area contributed by atoms with Gasteiger partial charge >= 0.3 is 0 Å². The fraction of sp³-hybridized carbons (Fsp3) is 1.00. The van der Waals surface area contributed by atoms with Crippen molar-refractivity contribution in [3.63, 3.8) is 0 Å². The second-order valence-corrected chi connectivity index (χ2v) is 3.86. The molecule has 1 saturated heterocycles. The highest BCUT2D eigenvalue weighted by Crippen LogP contribution is 2.02. The van der Waals surface area contributed by atoms with Gasteiger partial charge < -0.3 is 10.2 Å². The summed E-state index contributed by atoms with van der Waals surface area (Å²) in [6.45, 7) is 9.50. The van der Waals surface area contributed by atoms with Crippen LogP contribution < -0.4 is 5.32 Å². The molecule has 2 heteroatoms. The first-order valence-electron chi connectivity index (χ1n) is 5.28. The molecule has 1 atom stereocenters. The van der Waals surface area contributed by atoms with Crippen LogP contribution in [0.2, 0.25) is 0 Å². The Hall–Kier alpha value is -0.0800. The predicted octanol–water partition coefficient (Wildman–Crippen LogP) is 1.47. The van der Waals surface area contributed by atoms with Gasteiger partial charge in [-0.3, -0.25) is 0 Å². The Morgan fingerprint density at radius 1 is 1.42 bits per heavy atom. The molecule has 12 heavy (non-hydrogen) atoms. The van der Waals surface area contributed by atoms with E-state index in [2.05, 4.69) is 24.1 Å². The topological polar surface area (TPSA) is 15.3 Å². The fourth-order valence-corrected chi connectivity index (χ4v) is 1.80. The van der Waals surface area contributed by atoms with Crippen molar-refractivity contribution in [3.8, 4) is 0 Å². The first kappa shape index (κ1) is 10.0. The third-order valence-corrected chi connectivity index (χ3v) is 2.53. The van der Waals surface area contributed by atoms with Crippen LogP contribution in [0.4, 0.5) is 0 Å². The smallest absolute Gasteiger partial charge is 0.0167 e. The highest BCUT2D eigenvalue weighted by molar-refractivity contribution is 4.74. The van der Waals surface area contributed by atoms with Crippen molar-refractivity contribution in [2.75, 3.05) is 26.2 Å². The van der Waals surface area contributed by atoms with Crippen LogP contribution in [0.15, 0.2) is 0 Å². The minimum atomic E-state index is 0.695. The molecule has 1 aliphatic rings. The first-order valence-corrected chi connectivity index (χ1v) is 5.28. The van der Waals surface area contributed by atoms with E-state index in [1.807, 2.05) is 0 Å². The molecule has 0 unspecified atom stereocenters. The van der Waals surface area contributed by atoms with Crippen LogP contribution in [0.5, 0.6) is 0 Å². The van der Waals surface area contributed by atoms with Crippen molar-refractivity contribution >= 4 is 0 Å².